The summed E-state index contributed by atoms with van der Waals surface area (Å²) in [6.45, 7) is 0.487. The molecule has 3 rings (SSSR count). The van der Waals surface area contributed by atoms with Crippen molar-refractivity contribution in [2.45, 2.75) is 30.3 Å². The predicted molar refractivity (Wildman–Crippen MR) is 95.5 cm³/mol. The molecule has 5 heteroatoms. The summed E-state index contributed by atoms with van der Waals surface area (Å²) in [5.41, 5.74) is 2.02. The number of rotatable bonds is 6. The lowest BCUT2D eigenvalue weighted by molar-refractivity contribution is 0.235. The van der Waals surface area contributed by atoms with Crippen molar-refractivity contribution in [2.75, 3.05) is 6.26 Å². The number of nitrogens with one attached hydrogen (secondary N) is 2. The molecule has 2 aromatic rings. The van der Waals surface area contributed by atoms with Crippen LogP contribution in [0.2, 0.25) is 0 Å². The smallest absolute Gasteiger partial charge is 0.315 e. The minimum absolute atomic E-state index is 0.0514. The van der Waals surface area contributed by atoms with Gasteiger partial charge in [0, 0.05) is 11.4 Å². The Morgan fingerprint density at radius 3 is 2.42 bits per heavy atom. The number of amides is 2. The van der Waals surface area contributed by atoms with Crippen LogP contribution in [-0.4, -0.2) is 12.3 Å². The zero-order chi connectivity index (χ0) is 16.9. The van der Waals surface area contributed by atoms with Gasteiger partial charge in [0.05, 0.1) is 6.04 Å². The van der Waals surface area contributed by atoms with E-state index in [9.17, 15) is 9.18 Å². The summed E-state index contributed by atoms with van der Waals surface area (Å²) in [6.07, 6.45) is 4.23. The van der Waals surface area contributed by atoms with Gasteiger partial charge >= 0.3 is 6.03 Å². The minimum Gasteiger partial charge on any atom is -0.334 e. The summed E-state index contributed by atoms with van der Waals surface area (Å²) in [5, 5.41) is 5.93. The van der Waals surface area contributed by atoms with E-state index < -0.39 is 0 Å². The van der Waals surface area contributed by atoms with Crippen molar-refractivity contribution < 1.29 is 9.18 Å². The van der Waals surface area contributed by atoms with Crippen LogP contribution in [0.15, 0.2) is 53.4 Å². The molecular weight excluding hydrogens is 323 g/mol. The SMILES string of the molecule is CSc1ccc(CNC(=O)NC(c2ccc(F)cc2)C2CC2)cc1. The van der Waals surface area contributed by atoms with E-state index in [0.29, 0.717) is 12.5 Å². The highest BCUT2D eigenvalue weighted by Crippen LogP contribution is 2.40. The maximum Gasteiger partial charge on any atom is 0.315 e. The number of hydrogen-bond donors (Lipinski definition) is 2. The molecule has 126 valence electrons. The monoisotopic (exact) mass is 344 g/mol. The minimum atomic E-state index is -0.258. The molecule has 1 fully saturated rings. The third-order valence-corrected chi connectivity index (χ3v) is 4.96. The van der Waals surface area contributed by atoms with E-state index in [1.807, 2.05) is 30.5 Å². The molecule has 1 unspecified atom stereocenters. The Bertz CT molecular complexity index is 684. The standard InChI is InChI=1S/C19H21FN2OS/c1-24-17-10-2-13(3-11-17)12-21-19(23)22-18(14-4-5-14)15-6-8-16(20)9-7-15/h2-3,6-11,14,18H,4-5,12H2,1H3,(H2,21,22,23). The largest absolute Gasteiger partial charge is 0.334 e. The van der Waals surface area contributed by atoms with Crippen LogP contribution >= 0.6 is 11.8 Å². The first-order valence-electron chi connectivity index (χ1n) is 8.08. The van der Waals surface area contributed by atoms with Crippen LogP contribution in [0.4, 0.5) is 9.18 Å². The van der Waals surface area contributed by atoms with Crippen LogP contribution in [0.25, 0.3) is 0 Å². The summed E-state index contributed by atoms with van der Waals surface area (Å²) in [6, 6.07) is 14.3. The Kier molecular flexibility index (Phi) is 5.41. The van der Waals surface area contributed by atoms with E-state index >= 15 is 0 Å². The average Bonchev–Trinajstić information content (AvgIpc) is 3.44. The first kappa shape index (κ1) is 16.8. The van der Waals surface area contributed by atoms with Crippen LogP contribution in [0, 0.1) is 11.7 Å². The molecule has 1 aliphatic carbocycles. The summed E-state index contributed by atoms with van der Waals surface area (Å²) in [4.78, 5) is 13.4. The number of halogens is 1. The van der Waals surface area contributed by atoms with Gasteiger partial charge in [0.2, 0.25) is 0 Å². The van der Waals surface area contributed by atoms with Crippen molar-refractivity contribution in [2.24, 2.45) is 5.92 Å². The van der Waals surface area contributed by atoms with Gasteiger partial charge in [-0.15, -0.1) is 11.8 Å². The molecular formula is C19H21FN2OS. The molecule has 0 saturated heterocycles. The molecule has 2 amide bonds. The second-order valence-corrected chi connectivity index (χ2v) is 6.92. The van der Waals surface area contributed by atoms with E-state index in [4.69, 9.17) is 0 Å². The van der Waals surface area contributed by atoms with Gasteiger partial charge in [-0.25, -0.2) is 9.18 Å². The van der Waals surface area contributed by atoms with Gasteiger partial charge in [-0.05, 0) is 60.4 Å². The molecule has 0 radical (unpaired) electrons. The van der Waals surface area contributed by atoms with Crippen LogP contribution < -0.4 is 10.6 Å². The highest BCUT2D eigenvalue weighted by molar-refractivity contribution is 7.98. The topological polar surface area (TPSA) is 41.1 Å². The van der Waals surface area contributed by atoms with Crippen molar-refractivity contribution in [3.05, 3.63) is 65.5 Å². The van der Waals surface area contributed by atoms with Crippen LogP contribution in [-0.2, 0) is 6.54 Å². The van der Waals surface area contributed by atoms with Crippen LogP contribution in [0.3, 0.4) is 0 Å². The molecule has 24 heavy (non-hydrogen) atoms. The van der Waals surface area contributed by atoms with Crippen molar-refractivity contribution >= 4 is 17.8 Å². The summed E-state index contributed by atoms with van der Waals surface area (Å²) in [7, 11) is 0. The van der Waals surface area contributed by atoms with E-state index in [-0.39, 0.29) is 17.9 Å². The van der Waals surface area contributed by atoms with Crippen molar-refractivity contribution in [1.29, 1.82) is 0 Å². The summed E-state index contributed by atoms with van der Waals surface area (Å²) >= 11 is 1.69. The maximum absolute atomic E-state index is 13.1. The van der Waals surface area contributed by atoms with Crippen LogP contribution in [0.1, 0.15) is 30.0 Å². The second-order valence-electron chi connectivity index (χ2n) is 6.04. The summed E-state index contributed by atoms with van der Waals surface area (Å²) < 4.78 is 13.1. The lowest BCUT2D eigenvalue weighted by atomic mass is 10.0. The van der Waals surface area contributed by atoms with Gasteiger partial charge in [0.25, 0.3) is 0 Å². The van der Waals surface area contributed by atoms with Gasteiger partial charge in [-0.1, -0.05) is 24.3 Å². The Labute approximate surface area is 146 Å². The molecule has 1 saturated carbocycles. The number of benzene rings is 2. The fourth-order valence-corrected chi connectivity index (χ4v) is 3.10. The molecule has 2 N–H and O–H groups in total. The molecule has 0 bridgehead atoms. The van der Waals surface area contributed by atoms with E-state index in [0.717, 1.165) is 24.0 Å². The number of carbonyl (C=O) groups is 1. The number of hydrogen-bond acceptors (Lipinski definition) is 2. The quantitative estimate of drug-likeness (QED) is 0.758. The Hall–Kier alpha value is -2.01. The van der Waals surface area contributed by atoms with E-state index in [2.05, 4.69) is 10.6 Å². The molecule has 1 aliphatic rings. The first-order chi connectivity index (χ1) is 11.7. The number of carbonyl (C=O) groups excluding carboxylic acids is 1. The normalized spacial score (nSPS) is 14.9. The van der Waals surface area contributed by atoms with E-state index in [1.165, 1.54) is 17.0 Å². The molecule has 2 aromatic carbocycles. The van der Waals surface area contributed by atoms with Gasteiger partial charge in [-0.3, -0.25) is 0 Å². The van der Waals surface area contributed by atoms with Crippen molar-refractivity contribution in [3.8, 4) is 0 Å². The fraction of sp³-hybridized carbons (Fsp3) is 0.316. The third kappa shape index (κ3) is 4.51. The van der Waals surface area contributed by atoms with Crippen LogP contribution in [0.5, 0.6) is 0 Å². The Balaban J connectivity index is 1.56. The third-order valence-electron chi connectivity index (χ3n) is 4.22. The van der Waals surface area contributed by atoms with Gasteiger partial charge < -0.3 is 10.6 Å². The van der Waals surface area contributed by atoms with Gasteiger partial charge in [-0.2, -0.15) is 0 Å². The molecule has 0 aromatic heterocycles. The zero-order valence-corrected chi connectivity index (χ0v) is 14.4. The highest BCUT2D eigenvalue weighted by atomic mass is 32.2. The lowest BCUT2D eigenvalue weighted by Gasteiger charge is -2.19. The molecule has 0 heterocycles. The number of urea groups is 1. The first-order valence-corrected chi connectivity index (χ1v) is 9.31. The van der Waals surface area contributed by atoms with E-state index in [1.54, 1.807) is 23.9 Å². The number of thioether (sulfide) groups is 1. The lowest BCUT2D eigenvalue weighted by Crippen LogP contribution is -2.38. The molecule has 3 nitrogen and oxygen atoms in total. The molecule has 0 spiro atoms. The predicted octanol–water partition coefficient (Wildman–Crippen LogP) is 4.50. The van der Waals surface area contributed by atoms with Gasteiger partial charge in [0.15, 0.2) is 0 Å². The highest BCUT2D eigenvalue weighted by Gasteiger charge is 2.33. The van der Waals surface area contributed by atoms with Crippen molar-refractivity contribution in [3.63, 3.8) is 0 Å². The maximum atomic E-state index is 13.1. The fourth-order valence-electron chi connectivity index (χ4n) is 2.69. The summed E-state index contributed by atoms with van der Waals surface area (Å²) in [5.74, 6) is 0.188. The zero-order valence-electron chi connectivity index (χ0n) is 13.6. The Morgan fingerprint density at radius 1 is 1.17 bits per heavy atom. The Morgan fingerprint density at radius 2 is 1.83 bits per heavy atom. The molecule has 0 aliphatic heterocycles. The van der Waals surface area contributed by atoms with Gasteiger partial charge in [0.1, 0.15) is 5.82 Å². The average molecular weight is 344 g/mol. The second kappa shape index (κ2) is 7.71. The molecule has 1 atom stereocenters. The van der Waals surface area contributed by atoms with Crippen molar-refractivity contribution in [1.82, 2.24) is 10.6 Å².